The van der Waals surface area contributed by atoms with E-state index in [-0.39, 0.29) is 5.91 Å². The first-order chi connectivity index (χ1) is 10.7. The molecule has 1 amide bonds. The number of benzene rings is 1. The Morgan fingerprint density at radius 3 is 2.86 bits per heavy atom. The number of thiazole rings is 1. The molecule has 0 radical (unpaired) electrons. The zero-order valence-electron chi connectivity index (χ0n) is 12.1. The van der Waals surface area contributed by atoms with E-state index in [4.69, 9.17) is 4.42 Å². The predicted molar refractivity (Wildman–Crippen MR) is 85.7 cm³/mol. The number of hydrogen-bond acceptors (Lipinski definition) is 5. The molecule has 22 heavy (non-hydrogen) atoms. The second kappa shape index (κ2) is 6.53. The van der Waals surface area contributed by atoms with Crippen LogP contribution in [-0.4, -0.2) is 15.9 Å². The minimum Gasteiger partial charge on any atom is -0.441 e. The lowest BCUT2D eigenvalue weighted by molar-refractivity contribution is -0.116. The van der Waals surface area contributed by atoms with Crippen molar-refractivity contribution in [3.63, 3.8) is 0 Å². The number of nitrogens with one attached hydrogen (secondary N) is 1. The van der Waals surface area contributed by atoms with Gasteiger partial charge in [-0.25, -0.2) is 9.97 Å². The molecule has 0 spiro atoms. The van der Waals surface area contributed by atoms with Gasteiger partial charge in [0.15, 0.2) is 16.8 Å². The average Bonchev–Trinajstić information content (AvgIpc) is 3.15. The second-order valence-corrected chi connectivity index (χ2v) is 5.68. The first-order valence-electron chi connectivity index (χ1n) is 6.93. The average molecular weight is 313 g/mol. The Balaban J connectivity index is 1.56. The summed E-state index contributed by atoms with van der Waals surface area (Å²) in [6.07, 6.45) is 2.46. The quantitative estimate of drug-likeness (QED) is 0.780. The maximum absolute atomic E-state index is 11.9. The zero-order chi connectivity index (χ0) is 15.4. The first-order valence-corrected chi connectivity index (χ1v) is 7.81. The standard InChI is InChI=1S/C16H15N3O2S/c1-11-10-22-16(18-11)19-14(20)7-8-15-17-9-13(21-15)12-5-3-2-4-6-12/h2-6,9-10H,7-8H2,1H3,(H,18,19,20). The number of carbonyl (C=O) groups is 1. The van der Waals surface area contributed by atoms with Crippen molar-refractivity contribution in [1.29, 1.82) is 0 Å². The van der Waals surface area contributed by atoms with Gasteiger partial charge in [-0.3, -0.25) is 4.79 Å². The summed E-state index contributed by atoms with van der Waals surface area (Å²) in [6.45, 7) is 1.89. The molecule has 2 heterocycles. The molecular formula is C16H15N3O2S. The molecule has 6 heteroatoms. The molecular weight excluding hydrogens is 298 g/mol. The van der Waals surface area contributed by atoms with Crippen molar-refractivity contribution in [3.8, 4) is 11.3 Å². The molecule has 0 aliphatic rings. The highest BCUT2D eigenvalue weighted by molar-refractivity contribution is 7.13. The van der Waals surface area contributed by atoms with Gasteiger partial charge in [-0.15, -0.1) is 11.3 Å². The Labute approximate surface area is 132 Å². The van der Waals surface area contributed by atoms with Crippen LogP contribution in [0.2, 0.25) is 0 Å². The third kappa shape index (κ3) is 3.59. The van der Waals surface area contributed by atoms with Crippen LogP contribution < -0.4 is 5.32 Å². The van der Waals surface area contributed by atoms with E-state index in [0.29, 0.717) is 29.6 Å². The molecule has 0 aliphatic heterocycles. The minimum atomic E-state index is -0.0891. The van der Waals surface area contributed by atoms with Crippen molar-refractivity contribution in [2.45, 2.75) is 19.8 Å². The van der Waals surface area contributed by atoms with Gasteiger partial charge < -0.3 is 9.73 Å². The molecule has 0 saturated carbocycles. The summed E-state index contributed by atoms with van der Waals surface area (Å²) < 4.78 is 5.67. The molecule has 0 fully saturated rings. The van der Waals surface area contributed by atoms with Gasteiger partial charge in [0.25, 0.3) is 0 Å². The molecule has 0 saturated heterocycles. The van der Waals surface area contributed by atoms with E-state index in [1.807, 2.05) is 42.6 Å². The fourth-order valence-corrected chi connectivity index (χ4v) is 2.68. The lowest BCUT2D eigenvalue weighted by atomic mass is 10.2. The highest BCUT2D eigenvalue weighted by atomic mass is 32.1. The van der Waals surface area contributed by atoms with Crippen molar-refractivity contribution in [2.24, 2.45) is 0 Å². The number of hydrogen-bond donors (Lipinski definition) is 1. The van der Waals surface area contributed by atoms with Crippen LogP contribution >= 0.6 is 11.3 Å². The molecule has 0 bridgehead atoms. The number of aryl methyl sites for hydroxylation is 2. The highest BCUT2D eigenvalue weighted by Crippen LogP contribution is 2.20. The van der Waals surface area contributed by atoms with Crippen LogP contribution in [0.5, 0.6) is 0 Å². The van der Waals surface area contributed by atoms with Crippen LogP contribution in [0.25, 0.3) is 11.3 Å². The number of amides is 1. The van der Waals surface area contributed by atoms with Crippen LogP contribution in [0.15, 0.2) is 46.3 Å². The first kappa shape index (κ1) is 14.5. The van der Waals surface area contributed by atoms with Gasteiger partial charge in [-0.1, -0.05) is 30.3 Å². The monoisotopic (exact) mass is 313 g/mol. The molecule has 0 aliphatic carbocycles. The Bertz CT molecular complexity index is 765. The molecule has 2 aromatic heterocycles. The van der Waals surface area contributed by atoms with Gasteiger partial charge >= 0.3 is 0 Å². The zero-order valence-corrected chi connectivity index (χ0v) is 12.9. The minimum absolute atomic E-state index is 0.0891. The Kier molecular flexibility index (Phi) is 4.29. The summed E-state index contributed by atoms with van der Waals surface area (Å²) in [4.78, 5) is 20.3. The Morgan fingerprint density at radius 2 is 2.14 bits per heavy atom. The number of carbonyl (C=O) groups excluding carboxylic acids is 1. The lowest BCUT2D eigenvalue weighted by Crippen LogP contribution is -2.12. The largest absolute Gasteiger partial charge is 0.441 e. The van der Waals surface area contributed by atoms with Gasteiger partial charge in [0.05, 0.1) is 11.9 Å². The SMILES string of the molecule is Cc1csc(NC(=O)CCc2ncc(-c3ccccc3)o2)n1. The number of rotatable bonds is 5. The van der Waals surface area contributed by atoms with Gasteiger partial charge in [0, 0.05) is 23.8 Å². The summed E-state index contributed by atoms with van der Waals surface area (Å²) >= 11 is 1.42. The number of oxazole rings is 1. The predicted octanol–water partition coefficient (Wildman–Crippen LogP) is 3.68. The van der Waals surface area contributed by atoms with Gasteiger partial charge in [0.2, 0.25) is 5.91 Å². The fraction of sp³-hybridized carbons (Fsp3) is 0.188. The number of anilines is 1. The number of nitrogens with zero attached hydrogens (tertiary/aromatic N) is 2. The topological polar surface area (TPSA) is 68.0 Å². The second-order valence-electron chi connectivity index (χ2n) is 4.83. The van der Waals surface area contributed by atoms with Gasteiger partial charge in [-0.2, -0.15) is 0 Å². The highest BCUT2D eigenvalue weighted by Gasteiger charge is 2.10. The maximum Gasteiger partial charge on any atom is 0.226 e. The van der Waals surface area contributed by atoms with Crippen LogP contribution in [0, 0.1) is 6.92 Å². The van der Waals surface area contributed by atoms with Crippen LogP contribution in [0.1, 0.15) is 18.0 Å². The molecule has 1 N–H and O–H groups in total. The molecule has 3 rings (SSSR count). The normalized spacial score (nSPS) is 10.6. The molecule has 112 valence electrons. The van der Waals surface area contributed by atoms with E-state index in [2.05, 4.69) is 15.3 Å². The summed E-state index contributed by atoms with van der Waals surface area (Å²) in [5, 5.41) is 5.29. The summed E-state index contributed by atoms with van der Waals surface area (Å²) in [7, 11) is 0. The van der Waals surface area contributed by atoms with Crippen molar-refractivity contribution in [2.75, 3.05) is 5.32 Å². The lowest BCUT2D eigenvalue weighted by Gasteiger charge is -1.99. The van der Waals surface area contributed by atoms with Crippen molar-refractivity contribution in [1.82, 2.24) is 9.97 Å². The van der Waals surface area contributed by atoms with Crippen LogP contribution in [0.4, 0.5) is 5.13 Å². The number of aromatic nitrogens is 2. The van der Waals surface area contributed by atoms with E-state index >= 15 is 0 Å². The summed E-state index contributed by atoms with van der Waals surface area (Å²) in [5.74, 6) is 1.18. The van der Waals surface area contributed by atoms with E-state index in [1.165, 1.54) is 11.3 Å². The summed E-state index contributed by atoms with van der Waals surface area (Å²) in [5.41, 5.74) is 1.88. The van der Waals surface area contributed by atoms with E-state index in [0.717, 1.165) is 11.3 Å². The van der Waals surface area contributed by atoms with E-state index in [1.54, 1.807) is 6.20 Å². The molecule has 0 atom stereocenters. The van der Waals surface area contributed by atoms with E-state index in [9.17, 15) is 4.79 Å². The maximum atomic E-state index is 11.9. The Hall–Kier alpha value is -2.47. The third-order valence-corrected chi connectivity index (χ3v) is 3.92. The Morgan fingerprint density at radius 1 is 1.32 bits per heavy atom. The van der Waals surface area contributed by atoms with Crippen molar-refractivity contribution < 1.29 is 9.21 Å². The molecule has 1 aromatic carbocycles. The smallest absolute Gasteiger partial charge is 0.226 e. The van der Waals surface area contributed by atoms with Crippen LogP contribution in [0.3, 0.4) is 0 Å². The van der Waals surface area contributed by atoms with Gasteiger partial charge in [0.1, 0.15) is 0 Å². The fourth-order valence-electron chi connectivity index (χ4n) is 1.98. The van der Waals surface area contributed by atoms with Crippen molar-refractivity contribution in [3.05, 3.63) is 53.5 Å². The third-order valence-electron chi connectivity index (χ3n) is 3.04. The molecule has 3 aromatic rings. The molecule has 5 nitrogen and oxygen atoms in total. The molecule has 0 unspecified atom stereocenters. The summed E-state index contributed by atoms with van der Waals surface area (Å²) in [6, 6.07) is 9.76. The van der Waals surface area contributed by atoms with Gasteiger partial charge in [-0.05, 0) is 6.92 Å². The van der Waals surface area contributed by atoms with E-state index < -0.39 is 0 Å². The van der Waals surface area contributed by atoms with Crippen molar-refractivity contribution >= 4 is 22.4 Å². The van der Waals surface area contributed by atoms with Crippen LogP contribution in [-0.2, 0) is 11.2 Å².